The fraction of sp³-hybridized carbons (Fsp3) is 0.462. The number of anilines is 1. The third-order valence-electron chi connectivity index (χ3n) is 3.05. The molecule has 0 spiro atoms. The maximum Gasteiger partial charge on any atom is 0.238 e. The van der Waals surface area contributed by atoms with Crippen molar-refractivity contribution in [3.8, 4) is 0 Å². The van der Waals surface area contributed by atoms with Crippen molar-refractivity contribution >= 4 is 27.5 Å². The Labute approximate surface area is 115 Å². The number of likely N-dealkylation sites (tertiary alicyclic amines) is 1. The molecule has 0 saturated carbocycles. The molecule has 1 saturated heterocycles. The number of aliphatic hydroxyl groups is 1. The molecule has 2 rings (SSSR count). The van der Waals surface area contributed by atoms with Crippen molar-refractivity contribution in [1.29, 1.82) is 0 Å². The number of hydrogen-bond donors (Lipinski definition) is 2. The third kappa shape index (κ3) is 4.08. The molecule has 0 aliphatic carbocycles. The molecule has 0 atom stereocenters. The van der Waals surface area contributed by atoms with Crippen LogP contribution in [0.2, 0.25) is 0 Å². The summed E-state index contributed by atoms with van der Waals surface area (Å²) in [7, 11) is 0. The summed E-state index contributed by atoms with van der Waals surface area (Å²) < 4.78 is 0.991. The van der Waals surface area contributed by atoms with Gasteiger partial charge in [-0.3, -0.25) is 9.69 Å². The van der Waals surface area contributed by atoms with Crippen LogP contribution in [-0.4, -0.2) is 41.7 Å². The van der Waals surface area contributed by atoms with E-state index in [2.05, 4.69) is 26.1 Å². The quantitative estimate of drug-likeness (QED) is 0.895. The largest absolute Gasteiger partial charge is 0.393 e. The van der Waals surface area contributed by atoms with Crippen molar-refractivity contribution in [3.63, 3.8) is 0 Å². The number of piperidine rings is 1. The zero-order valence-corrected chi connectivity index (χ0v) is 11.7. The molecule has 18 heavy (non-hydrogen) atoms. The van der Waals surface area contributed by atoms with Crippen molar-refractivity contribution in [3.05, 3.63) is 28.7 Å². The zero-order chi connectivity index (χ0) is 13.0. The van der Waals surface area contributed by atoms with Gasteiger partial charge in [0.1, 0.15) is 0 Å². The van der Waals surface area contributed by atoms with Crippen LogP contribution in [0.3, 0.4) is 0 Å². The molecule has 1 aromatic carbocycles. The third-order valence-corrected chi connectivity index (χ3v) is 3.58. The summed E-state index contributed by atoms with van der Waals surface area (Å²) in [5, 5.41) is 12.3. The highest BCUT2D eigenvalue weighted by molar-refractivity contribution is 9.10. The topological polar surface area (TPSA) is 52.6 Å². The maximum absolute atomic E-state index is 11.8. The van der Waals surface area contributed by atoms with Crippen molar-refractivity contribution in [1.82, 2.24) is 4.90 Å². The Morgan fingerprint density at radius 3 is 2.56 bits per heavy atom. The number of halogens is 1. The molecule has 5 heteroatoms. The normalized spacial score (nSPS) is 17.7. The number of nitrogens with zero attached hydrogens (tertiary/aromatic N) is 1. The van der Waals surface area contributed by atoms with Gasteiger partial charge in [0.15, 0.2) is 0 Å². The molecule has 98 valence electrons. The Balaban J connectivity index is 1.80. The van der Waals surface area contributed by atoms with Crippen LogP contribution in [-0.2, 0) is 4.79 Å². The van der Waals surface area contributed by atoms with Crippen LogP contribution < -0.4 is 5.32 Å². The second-order valence-corrected chi connectivity index (χ2v) is 5.48. The van der Waals surface area contributed by atoms with Gasteiger partial charge in [0, 0.05) is 23.2 Å². The molecule has 1 aliphatic rings. The summed E-state index contributed by atoms with van der Waals surface area (Å²) in [6, 6.07) is 7.52. The van der Waals surface area contributed by atoms with Crippen molar-refractivity contribution in [2.24, 2.45) is 0 Å². The molecule has 4 nitrogen and oxygen atoms in total. The van der Waals surface area contributed by atoms with Gasteiger partial charge in [-0.15, -0.1) is 0 Å². The van der Waals surface area contributed by atoms with E-state index in [0.717, 1.165) is 36.1 Å². The number of amides is 1. The molecule has 0 unspecified atom stereocenters. The van der Waals surface area contributed by atoms with E-state index in [-0.39, 0.29) is 12.0 Å². The summed E-state index contributed by atoms with van der Waals surface area (Å²) in [4.78, 5) is 13.9. The fourth-order valence-electron chi connectivity index (χ4n) is 2.01. The molecule has 1 fully saturated rings. The number of carbonyl (C=O) groups excluding carboxylic acids is 1. The average molecular weight is 313 g/mol. The van der Waals surface area contributed by atoms with Gasteiger partial charge in [0.25, 0.3) is 0 Å². The lowest BCUT2D eigenvalue weighted by molar-refractivity contribution is -0.117. The van der Waals surface area contributed by atoms with Gasteiger partial charge >= 0.3 is 0 Å². The smallest absolute Gasteiger partial charge is 0.238 e. The zero-order valence-electron chi connectivity index (χ0n) is 10.1. The monoisotopic (exact) mass is 312 g/mol. The second kappa shape index (κ2) is 6.31. The molecule has 0 bridgehead atoms. The number of aliphatic hydroxyl groups excluding tert-OH is 1. The Morgan fingerprint density at radius 1 is 1.33 bits per heavy atom. The lowest BCUT2D eigenvalue weighted by Crippen LogP contribution is -2.40. The van der Waals surface area contributed by atoms with Gasteiger partial charge in [-0.05, 0) is 37.1 Å². The molecule has 0 aromatic heterocycles. The molecule has 1 heterocycles. The van der Waals surface area contributed by atoms with Crippen LogP contribution in [0.5, 0.6) is 0 Å². The van der Waals surface area contributed by atoms with Gasteiger partial charge in [0.2, 0.25) is 5.91 Å². The van der Waals surface area contributed by atoms with E-state index in [1.807, 2.05) is 24.3 Å². The maximum atomic E-state index is 11.8. The van der Waals surface area contributed by atoms with E-state index in [9.17, 15) is 9.90 Å². The molecule has 2 N–H and O–H groups in total. The standard InChI is InChI=1S/C13H17BrN2O2/c14-10-1-3-11(4-2-10)15-13(18)9-16-7-5-12(17)6-8-16/h1-4,12,17H,5-9H2,(H,15,18). The highest BCUT2D eigenvalue weighted by Crippen LogP contribution is 2.14. The van der Waals surface area contributed by atoms with Crippen LogP contribution in [0.4, 0.5) is 5.69 Å². The van der Waals surface area contributed by atoms with Crippen molar-refractivity contribution < 1.29 is 9.90 Å². The van der Waals surface area contributed by atoms with Crippen LogP contribution in [0.1, 0.15) is 12.8 Å². The van der Waals surface area contributed by atoms with Gasteiger partial charge < -0.3 is 10.4 Å². The van der Waals surface area contributed by atoms with E-state index in [1.165, 1.54) is 0 Å². The fourth-order valence-corrected chi connectivity index (χ4v) is 2.28. The second-order valence-electron chi connectivity index (χ2n) is 4.56. The summed E-state index contributed by atoms with van der Waals surface area (Å²) >= 11 is 3.35. The first kappa shape index (κ1) is 13.5. The highest BCUT2D eigenvalue weighted by Gasteiger charge is 2.18. The van der Waals surface area contributed by atoms with Crippen LogP contribution >= 0.6 is 15.9 Å². The first-order chi connectivity index (χ1) is 8.63. The van der Waals surface area contributed by atoms with E-state index >= 15 is 0 Å². The Hall–Kier alpha value is -0.910. The lowest BCUT2D eigenvalue weighted by atomic mass is 10.1. The lowest BCUT2D eigenvalue weighted by Gasteiger charge is -2.28. The number of rotatable bonds is 3. The van der Waals surface area contributed by atoms with E-state index in [1.54, 1.807) is 0 Å². The summed E-state index contributed by atoms with van der Waals surface area (Å²) in [5.74, 6) is -0.00582. The van der Waals surface area contributed by atoms with E-state index < -0.39 is 0 Å². The number of nitrogens with one attached hydrogen (secondary N) is 1. The van der Waals surface area contributed by atoms with Gasteiger partial charge in [-0.2, -0.15) is 0 Å². The van der Waals surface area contributed by atoms with E-state index in [0.29, 0.717) is 6.54 Å². The molecular weight excluding hydrogens is 296 g/mol. The molecule has 1 amide bonds. The Bertz CT molecular complexity index is 400. The summed E-state index contributed by atoms with van der Waals surface area (Å²) in [5.41, 5.74) is 0.806. The van der Waals surface area contributed by atoms with Gasteiger partial charge in [-0.25, -0.2) is 0 Å². The Morgan fingerprint density at radius 2 is 1.94 bits per heavy atom. The minimum atomic E-state index is -0.198. The molecular formula is C13H17BrN2O2. The first-order valence-corrected chi connectivity index (χ1v) is 6.88. The SMILES string of the molecule is O=C(CN1CCC(O)CC1)Nc1ccc(Br)cc1. The summed E-state index contributed by atoms with van der Waals surface area (Å²) in [6.07, 6.45) is 1.31. The molecule has 1 aliphatic heterocycles. The Kier molecular flexibility index (Phi) is 4.74. The minimum absolute atomic E-state index is 0.00582. The van der Waals surface area contributed by atoms with Crippen molar-refractivity contribution in [2.45, 2.75) is 18.9 Å². The number of carbonyl (C=O) groups is 1. The minimum Gasteiger partial charge on any atom is -0.393 e. The average Bonchev–Trinajstić information content (AvgIpc) is 2.35. The highest BCUT2D eigenvalue weighted by atomic mass is 79.9. The molecule has 1 aromatic rings. The van der Waals surface area contributed by atoms with Crippen LogP contribution in [0.15, 0.2) is 28.7 Å². The van der Waals surface area contributed by atoms with Gasteiger partial charge in [-0.1, -0.05) is 15.9 Å². The van der Waals surface area contributed by atoms with Gasteiger partial charge in [0.05, 0.1) is 12.6 Å². The van der Waals surface area contributed by atoms with E-state index in [4.69, 9.17) is 0 Å². The number of hydrogen-bond acceptors (Lipinski definition) is 3. The number of benzene rings is 1. The summed E-state index contributed by atoms with van der Waals surface area (Å²) in [6.45, 7) is 1.96. The van der Waals surface area contributed by atoms with Crippen molar-refractivity contribution in [2.75, 3.05) is 25.0 Å². The first-order valence-electron chi connectivity index (χ1n) is 6.09. The van der Waals surface area contributed by atoms with Crippen LogP contribution in [0, 0.1) is 0 Å². The molecule has 0 radical (unpaired) electrons. The van der Waals surface area contributed by atoms with Crippen LogP contribution in [0.25, 0.3) is 0 Å². The predicted octanol–water partition coefficient (Wildman–Crippen LogP) is 1.84. The predicted molar refractivity (Wildman–Crippen MR) is 74.5 cm³/mol.